The lowest BCUT2D eigenvalue weighted by atomic mass is 10.0. The van der Waals surface area contributed by atoms with E-state index >= 15 is 0 Å². The van der Waals surface area contributed by atoms with Gasteiger partial charge in [0.25, 0.3) is 0 Å². The minimum absolute atomic E-state index is 0.125. The number of nitrogens with one attached hydrogen (secondary N) is 1. The van der Waals surface area contributed by atoms with Crippen LogP contribution in [0.2, 0.25) is 0 Å². The monoisotopic (exact) mass is 369 g/mol. The molecule has 0 spiro atoms. The Balaban J connectivity index is 1.70. The summed E-state index contributed by atoms with van der Waals surface area (Å²) in [4.78, 5) is 40.3. The largest absolute Gasteiger partial charge is 0.477 e. The third-order valence-corrected chi connectivity index (χ3v) is 4.85. The van der Waals surface area contributed by atoms with Crippen LogP contribution in [0.3, 0.4) is 0 Å². The number of pyridine rings is 1. The number of aromatic carboxylic acids is 1. The fraction of sp³-hybridized carbons (Fsp3) is 0.368. The van der Waals surface area contributed by atoms with Gasteiger partial charge in [0, 0.05) is 36.5 Å². The van der Waals surface area contributed by atoms with E-state index in [1.54, 1.807) is 12.1 Å². The molecular formula is C19H19N3O5. The second kappa shape index (κ2) is 6.53. The van der Waals surface area contributed by atoms with Crippen LogP contribution in [0.4, 0.5) is 0 Å². The molecule has 2 heterocycles. The molecule has 2 N–H and O–H groups in total. The Bertz CT molecular complexity index is 1040. The molecule has 1 aromatic heterocycles. The van der Waals surface area contributed by atoms with Gasteiger partial charge >= 0.3 is 5.97 Å². The molecule has 1 unspecified atom stereocenters. The molecule has 0 bridgehead atoms. The van der Waals surface area contributed by atoms with E-state index in [4.69, 9.17) is 4.84 Å². The Hall–Kier alpha value is -3.16. The van der Waals surface area contributed by atoms with Crippen LogP contribution in [0.25, 0.3) is 10.9 Å². The standard InChI is InChI=1S/C19H19N3O5/c1-10(23)20-8-13-7-16(21-27-13)11-2-5-14-17(6-11)22(12-3-4-12)9-15(18(14)24)19(25)26/h2,5-6,9,12-13H,3-4,7-8H2,1H3,(H,20,23)(H,25,26). The van der Waals surface area contributed by atoms with Crippen LogP contribution >= 0.6 is 0 Å². The number of carbonyl (C=O) groups is 2. The van der Waals surface area contributed by atoms with Crippen LogP contribution in [0, 0.1) is 0 Å². The highest BCUT2D eigenvalue weighted by atomic mass is 16.6. The molecule has 8 nitrogen and oxygen atoms in total. The van der Waals surface area contributed by atoms with Crippen LogP contribution < -0.4 is 10.7 Å². The predicted molar refractivity (Wildman–Crippen MR) is 98.1 cm³/mol. The van der Waals surface area contributed by atoms with E-state index in [1.807, 2.05) is 10.6 Å². The molecule has 2 aliphatic rings. The highest BCUT2D eigenvalue weighted by molar-refractivity contribution is 6.04. The topological polar surface area (TPSA) is 110 Å². The first-order chi connectivity index (χ1) is 12.9. The highest BCUT2D eigenvalue weighted by Crippen LogP contribution is 2.37. The second-order valence-electron chi connectivity index (χ2n) is 6.95. The summed E-state index contributed by atoms with van der Waals surface area (Å²) >= 11 is 0. The van der Waals surface area contributed by atoms with Crippen LogP contribution in [0.15, 0.2) is 34.3 Å². The van der Waals surface area contributed by atoms with Gasteiger partial charge in [-0.3, -0.25) is 9.59 Å². The molecule has 0 radical (unpaired) electrons. The maximum Gasteiger partial charge on any atom is 0.341 e. The van der Waals surface area contributed by atoms with E-state index in [9.17, 15) is 19.5 Å². The van der Waals surface area contributed by atoms with Crippen molar-refractivity contribution in [3.8, 4) is 0 Å². The smallest absolute Gasteiger partial charge is 0.341 e. The first-order valence-electron chi connectivity index (χ1n) is 8.83. The summed E-state index contributed by atoms with van der Waals surface area (Å²) in [5, 5.41) is 16.5. The number of carbonyl (C=O) groups excluding carboxylic acids is 1. The number of carboxylic acids is 1. The van der Waals surface area contributed by atoms with Gasteiger partial charge in [0.05, 0.1) is 17.8 Å². The molecular weight excluding hydrogens is 350 g/mol. The number of fused-ring (bicyclic) bond motifs is 1. The zero-order valence-corrected chi connectivity index (χ0v) is 14.8. The quantitative estimate of drug-likeness (QED) is 0.833. The van der Waals surface area contributed by atoms with Gasteiger partial charge in [-0.15, -0.1) is 0 Å². The Labute approximate surface area is 154 Å². The molecule has 140 valence electrons. The number of benzene rings is 1. The molecule has 0 saturated heterocycles. The van der Waals surface area contributed by atoms with Gasteiger partial charge < -0.3 is 19.8 Å². The lowest BCUT2D eigenvalue weighted by molar-refractivity contribution is -0.119. The minimum atomic E-state index is -1.21. The molecule has 1 atom stereocenters. The maximum absolute atomic E-state index is 12.5. The number of hydrogen-bond donors (Lipinski definition) is 2. The first kappa shape index (κ1) is 17.3. The summed E-state index contributed by atoms with van der Waals surface area (Å²) in [5.74, 6) is -1.34. The second-order valence-corrected chi connectivity index (χ2v) is 6.95. The van der Waals surface area contributed by atoms with E-state index in [1.165, 1.54) is 13.1 Å². The lowest BCUT2D eigenvalue weighted by Gasteiger charge is -2.12. The van der Waals surface area contributed by atoms with Gasteiger partial charge in [-0.2, -0.15) is 0 Å². The van der Waals surface area contributed by atoms with Gasteiger partial charge in [0.15, 0.2) is 0 Å². The van der Waals surface area contributed by atoms with Gasteiger partial charge in [-0.1, -0.05) is 11.2 Å². The van der Waals surface area contributed by atoms with Crippen molar-refractivity contribution in [2.24, 2.45) is 5.16 Å². The zero-order valence-electron chi connectivity index (χ0n) is 14.8. The molecule has 1 fully saturated rings. The summed E-state index contributed by atoms with van der Waals surface area (Å²) in [5.41, 5.74) is 1.58. The molecule has 8 heteroatoms. The van der Waals surface area contributed by atoms with E-state index in [2.05, 4.69) is 10.5 Å². The summed E-state index contributed by atoms with van der Waals surface area (Å²) in [6.07, 6.45) is 3.70. The number of oxime groups is 1. The predicted octanol–water partition coefficient (Wildman–Crippen LogP) is 1.66. The van der Waals surface area contributed by atoms with Crippen molar-refractivity contribution in [2.45, 2.75) is 38.3 Å². The Kier molecular flexibility index (Phi) is 4.18. The molecule has 1 aliphatic carbocycles. The van der Waals surface area contributed by atoms with E-state index in [0.717, 1.165) is 24.1 Å². The summed E-state index contributed by atoms with van der Waals surface area (Å²) < 4.78 is 1.88. The number of aromatic nitrogens is 1. The molecule has 1 saturated carbocycles. The van der Waals surface area contributed by atoms with Crippen LogP contribution in [0.5, 0.6) is 0 Å². The normalized spacial score (nSPS) is 18.9. The van der Waals surface area contributed by atoms with Crippen LogP contribution in [-0.2, 0) is 9.63 Å². The van der Waals surface area contributed by atoms with Crippen molar-refractivity contribution in [1.82, 2.24) is 9.88 Å². The summed E-state index contributed by atoms with van der Waals surface area (Å²) in [6.45, 7) is 1.83. The van der Waals surface area contributed by atoms with Gasteiger partial charge in [0.2, 0.25) is 11.3 Å². The fourth-order valence-electron chi connectivity index (χ4n) is 3.30. The number of amides is 1. The Morgan fingerprint density at radius 3 is 2.81 bits per heavy atom. The number of nitrogens with zero attached hydrogens (tertiary/aromatic N) is 2. The average Bonchev–Trinajstić information content (AvgIpc) is 3.36. The number of rotatable bonds is 5. The van der Waals surface area contributed by atoms with E-state index in [0.29, 0.717) is 23.9 Å². The van der Waals surface area contributed by atoms with Crippen LogP contribution in [-0.4, -0.2) is 39.9 Å². The third-order valence-electron chi connectivity index (χ3n) is 4.85. The Morgan fingerprint density at radius 2 is 2.15 bits per heavy atom. The minimum Gasteiger partial charge on any atom is -0.477 e. The molecule has 1 aliphatic heterocycles. The molecule has 2 aromatic rings. The lowest BCUT2D eigenvalue weighted by Crippen LogP contribution is -2.30. The summed E-state index contributed by atoms with van der Waals surface area (Å²) in [6, 6.07) is 5.50. The average molecular weight is 369 g/mol. The molecule has 27 heavy (non-hydrogen) atoms. The van der Waals surface area contributed by atoms with Crippen LogP contribution in [0.1, 0.15) is 48.1 Å². The van der Waals surface area contributed by atoms with Crippen molar-refractivity contribution in [3.63, 3.8) is 0 Å². The summed E-state index contributed by atoms with van der Waals surface area (Å²) in [7, 11) is 0. The van der Waals surface area contributed by atoms with Gasteiger partial charge in [-0.05, 0) is 25.0 Å². The van der Waals surface area contributed by atoms with Crippen molar-refractivity contribution in [1.29, 1.82) is 0 Å². The molecule has 4 rings (SSSR count). The maximum atomic E-state index is 12.5. The van der Waals surface area contributed by atoms with Gasteiger partial charge in [0.1, 0.15) is 11.7 Å². The first-order valence-corrected chi connectivity index (χ1v) is 8.83. The highest BCUT2D eigenvalue weighted by Gasteiger charge is 2.28. The van der Waals surface area contributed by atoms with E-state index in [-0.39, 0.29) is 23.6 Å². The molecule has 1 aromatic carbocycles. The van der Waals surface area contributed by atoms with Crippen molar-refractivity contribution < 1.29 is 19.5 Å². The number of hydrogen-bond acceptors (Lipinski definition) is 5. The fourth-order valence-corrected chi connectivity index (χ4v) is 3.30. The van der Waals surface area contributed by atoms with E-state index < -0.39 is 11.4 Å². The van der Waals surface area contributed by atoms with Crippen molar-refractivity contribution in [2.75, 3.05) is 6.54 Å². The SMILES string of the molecule is CC(=O)NCC1CC(c2ccc3c(=O)c(C(=O)O)cn(C4CC4)c3c2)=NO1. The zero-order chi connectivity index (χ0) is 19.1. The number of carboxylic acid groups (broad SMARTS) is 1. The molecule has 1 amide bonds. The van der Waals surface area contributed by atoms with Crippen molar-refractivity contribution >= 4 is 28.5 Å². The Morgan fingerprint density at radius 1 is 1.37 bits per heavy atom. The van der Waals surface area contributed by atoms with Crippen molar-refractivity contribution in [3.05, 3.63) is 45.7 Å². The third kappa shape index (κ3) is 3.30. The van der Waals surface area contributed by atoms with Gasteiger partial charge in [-0.25, -0.2) is 4.79 Å².